The highest BCUT2D eigenvalue weighted by molar-refractivity contribution is 5.80. The number of hydrogen-bond acceptors (Lipinski definition) is 2. The van der Waals surface area contributed by atoms with Crippen molar-refractivity contribution in [3.8, 4) is 5.75 Å². The quantitative estimate of drug-likeness (QED) is 0.786. The van der Waals surface area contributed by atoms with E-state index in [1.807, 2.05) is 31.2 Å². The maximum atomic E-state index is 12.4. The summed E-state index contributed by atoms with van der Waals surface area (Å²) in [4.78, 5) is 12.4. The molecule has 0 aliphatic rings. The normalized spacial score (nSPS) is 13.4. The van der Waals surface area contributed by atoms with Gasteiger partial charge in [0.2, 0.25) is 0 Å². The van der Waals surface area contributed by atoms with Crippen molar-refractivity contribution in [1.29, 1.82) is 0 Å². The molecule has 2 aromatic rings. The lowest BCUT2D eigenvalue weighted by Crippen LogP contribution is -2.38. The van der Waals surface area contributed by atoms with Crippen LogP contribution in [0.15, 0.2) is 48.5 Å². The van der Waals surface area contributed by atoms with Crippen LogP contribution in [-0.4, -0.2) is 18.6 Å². The Kier molecular flexibility index (Phi) is 6.63. The standard InChI is InChI=1S/C22H29NO2/c1-15(2)20-12-11-16(3)13-21(20)25-18(5)22(24)23-14-17(4)19-9-7-6-8-10-19/h6-13,15,17-18H,14H2,1-5H3,(H,23,24)/t17-,18+/m0/s1. The van der Waals surface area contributed by atoms with Crippen LogP contribution in [0.3, 0.4) is 0 Å². The molecule has 0 aromatic heterocycles. The Balaban J connectivity index is 1.96. The lowest BCUT2D eigenvalue weighted by molar-refractivity contribution is -0.127. The number of ether oxygens (including phenoxy) is 1. The Hall–Kier alpha value is -2.29. The largest absolute Gasteiger partial charge is 0.481 e. The van der Waals surface area contributed by atoms with Gasteiger partial charge in [-0.2, -0.15) is 0 Å². The summed E-state index contributed by atoms with van der Waals surface area (Å²) >= 11 is 0. The van der Waals surface area contributed by atoms with Gasteiger partial charge in [-0.05, 0) is 48.4 Å². The molecule has 2 rings (SSSR count). The second-order valence-electron chi connectivity index (χ2n) is 7.01. The van der Waals surface area contributed by atoms with Crippen molar-refractivity contribution in [3.63, 3.8) is 0 Å². The highest BCUT2D eigenvalue weighted by atomic mass is 16.5. The minimum absolute atomic E-state index is 0.0843. The minimum atomic E-state index is -0.526. The van der Waals surface area contributed by atoms with Crippen LogP contribution < -0.4 is 10.1 Å². The van der Waals surface area contributed by atoms with E-state index in [9.17, 15) is 4.79 Å². The fourth-order valence-electron chi connectivity index (χ4n) is 2.76. The van der Waals surface area contributed by atoms with Crippen LogP contribution in [0.2, 0.25) is 0 Å². The molecule has 134 valence electrons. The highest BCUT2D eigenvalue weighted by Gasteiger charge is 2.18. The average Bonchev–Trinajstić information content (AvgIpc) is 2.59. The van der Waals surface area contributed by atoms with Crippen LogP contribution in [0.4, 0.5) is 0 Å². The van der Waals surface area contributed by atoms with E-state index in [1.54, 1.807) is 6.92 Å². The van der Waals surface area contributed by atoms with Crippen molar-refractivity contribution in [2.45, 2.75) is 52.6 Å². The first-order valence-electron chi connectivity index (χ1n) is 8.98. The number of rotatable bonds is 7. The Labute approximate surface area is 151 Å². The summed E-state index contributed by atoms with van der Waals surface area (Å²) in [6.45, 7) is 10.8. The fraction of sp³-hybridized carbons (Fsp3) is 0.409. The van der Waals surface area contributed by atoms with Gasteiger partial charge >= 0.3 is 0 Å². The number of amides is 1. The third-order valence-electron chi connectivity index (χ3n) is 4.42. The Morgan fingerprint density at radius 1 is 1.04 bits per heavy atom. The molecular formula is C22H29NO2. The molecule has 0 bridgehead atoms. The van der Waals surface area contributed by atoms with Crippen molar-refractivity contribution in [3.05, 3.63) is 65.2 Å². The average molecular weight is 339 g/mol. The zero-order valence-electron chi connectivity index (χ0n) is 15.9. The predicted molar refractivity (Wildman–Crippen MR) is 103 cm³/mol. The third kappa shape index (κ3) is 5.35. The molecule has 0 radical (unpaired) electrons. The van der Waals surface area contributed by atoms with Crippen molar-refractivity contribution in [2.24, 2.45) is 0 Å². The molecular weight excluding hydrogens is 310 g/mol. The van der Waals surface area contributed by atoms with Gasteiger partial charge < -0.3 is 10.1 Å². The predicted octanol–water partition coefficient (Wildman–Crippen LogP) is 4.81. The van der Waals surface area contributed by atoms with Gasteiger partial charge in [0, 0.05) is 6.54 Å². The lowest BCUT2D eigenvalue weighted by atomic mass is 10.0. The van der Waals surface area contributed by atoms with Crippen LogP contribution in [0.5, 0.6) is 5.75 Å². The number of aryl methyl sites for hydroxylation is 1. The number of hydrogen-bond donors (Lipinski definition) is 1. The van der Waals surface area contributed by atoms with E-state index in [0.717, 1.165) is 16.9 Å². The van der Waals surface area contributed by atoms with E-state index < -0.39 is 6.10 Å². The summed E-state index contributed by atoms with van der Waals surface area (Å²) in [6.07, 6.45) is -0.526. The summed E-state index contributed by atoms with van der Waals surface area (Å²) < 4.78 is 5.98. The van der Waals surface area contributed by atoms with E-state index in [-0.39, 0.29) is 11.8 Å². The molecule has 1 N–H and O–H groups in total. The molecule has 0 heterocycles. The molecule has 1 amide bonds. The lowest BCUT2D eigenvalue weighted by Gasteiger charge is -2.20. The summed E-state index contributed by atoms with van der Waals surface area (Å²) in [7, 11) is 0. The van der Waals surface area contributed by atoms with Gasteiger partial charge in [0.15, 0.2) is 6.10 Å². The monoisotopic (exact) mass is 339 g/mol. The topological polar surface area (TPSA) is 38.3 Å². The molecule has 0 spiro atoms. The van der Waals surface area contributed by atoms with Crippen LogP contribution in [-0.2, 0) is 4.79 Å². The smallest absolute Gasteiger partial charge is 0.260 e. The van der Waals surface area contributed by atoms with Crippen molar-refractivity contribution in [1.82, 2.24) is 5.32 Å². The van der Waals surface area contributed by atoms with Gasteiger partial charge in [-0.1, -0.05) is 63.2 Å². The van der Waals surface area contributed by atoms with E-state index in [4.69, 9.17) is 4.74 Å². The minimum Gasteiger partial charge on any atom is -0.481 e. The molecule has 0 fully saturated rings. The number of carbonyl (C=O) groups is 1. The Morgan fingerprint density at radius 3 is 2.36 bits per heavy atom. The second kappa shape index (κ2) is 8.70. The van der Waals surface area contributed by atoms with Crippen LogP contribution in [0.25, 0.3) is 0 Å². The zero-order chi connectivity index (χ0) is 18.4. The van der Waals surface area contributed by atoms with Crippen LogP contribution in [0, 0.1) is 6.92 Å². The summed E-state index contributed by atoms with van der Waals surface area (Å²) in [5.74, 6) is 1.33. The number of benzene rings is 2. The number of nitrogens with one attached hydrogen (secondary N) is 1. The summed E-state index contributed by atoms with van der Waals surface area (Å²) in [5.41, 5.74) is 3.48. The van der Waals surface area contributed by atoms with Crippen molar-refractivity contribution < 1.29 is 9.53 Å². The van der Waals surface area contributed by atoms with E-state index in [0.29, 0.717) is 12.5 Å². The fourth-order valence-corrected chi connectivity index (χ4v) is 2.76. The van der Waals surface area contributed by atoms with Crippen LogP contribution >= 0.6 is 0 Å². The first-order valence-corrected chi connectivity index (χ1v) is 8.98. The molecule has 3 nitrogen and oxygen atoms in total. The second-order valence-corrected chi connectivity index (χ2v) is 7.01. The van der Waals surface area contributed by atoms with Gasteiger partial charge in [-0.3, -0.25) is 4.79 Å². The Morgan fingerprint density at radius 2 is 1.72 bits per heavy atom. The molecule has 2 atom stereocenters. The molecule has 0 saturated heterocycles. The first-order chi connectivity index (χ1) is 11.9. The van der Waals surface area contributed by atoms with Crippen LogP contribution in [0.1, 0.15) is 56.2 Å². The summed E-state index contributed by atoms with van der Waals surface area (Å²) in [6, 6.07) is 16.4. The van der Waals surface area contributed by atoms with Crippen molar-refractivity contribution >= 4 is 5.91 Å². The van der Waals surface area contributed by atoms with E-state index in [2.05, 4.69) is 50.4 Å². The maximum Gasteiger partial charge on any atom is 0.260 e. The maximum absolute atomic E-state index is 12.4. The van der Waals surface area contributed by atoms with Gasteiger partial charge in [-0.25, -0.2) is 0 Å². The highest BCUT2D eigenvalue weighted by Crippen LogP contribution is 2.28. The summed E-state index contributed by atoms with van der Waals surface area (Å²) in [5, 5.41) is 3.00. The molecule has 0 aliphatic carbocycles. The van der Waals surface area contributed by atoms with E-state index >= 15 is 0 Å². The van der Waals surface area contributed by atoms with Gasteiger partial charge in [0.25, 0.3) is 5.91 Å². The number of carbonyl (C=O) groups excluding carboxylic acids is 1. The molecule has 3 heteroatoms. The van der Waals surface area contributed by atoms with Crippen molar-refractivity contribution in [2.75, 3.05) is 6.54 Å². The SMILES string of the molecule is Cc1ccc(C(C)C)c(O[C@H](C)C(=O)NC[C@H](C)c2ccccc2)c1. The molecule has 0 unspecified atom stereocenters. The first kappa shape index (κ1) is 19.0. The van der Waals surface area contributed by atoms with Gasteiger partial charge in [0.1, 0.15) is 5.75 Å². The Bertz CT molecular complexity index is 694. The molecule has 0 saturated carbocycles. The molecule has 25 heavy (non-hydrogen) atoms. The molecule has 0 aliphatic heterocycles. The third-order valence-corrected chi connectivity index (χ3v) is 4.42. The van der Waals surface area contributed by atoms with Gasteiger partial charge in [0.05, 0.1) is 0 Å². The van der Waals surface area contributed by atoms with Gasteiger partial charge in [-0.15, -0.1) is 0 Å². The zero-order valence-corrected chi connectivity index (χ0v) is 15.9. The molecule has 2 aromatic carbocycles. The van der Waals surface area contributed by atoms with E-state index in [1.165, 1.54) is 5.56 Å².